The summed E-state index contributed by atoms with van der Waals surface area (Å²) in [4.78, 5) is 2.48. The third-order valence-electron chi connectivity index (χ3n) is 4.40. The Morgan fingerprint density at radius 2 is 1.96 bits per heavy atom. The van der Waals surface area contributed by atoms with Crippen molar-refractivity contribution in [3.8, 4) is 0 Å². The number of hydrogen-bond donors (Lipinski definition) is 1. The van der Waals surface area contributed by atoms with Crippen molar-refractivity contribution in [1.82, 2.24) is 10.2 Å². The van der Waals surface area contributed by atoms with Crippen LogP contribution in [-0.2, 0) is 9.47 Å². The highest BCUT2D eigenvalue weighted by molar-refractivity contribution is 5.31. The van der Waals surface area contributed by atoms with E-state index in [2.05, 4.69) is 50.2 Å². The van der Waals surface area contributed by atoms with Crippen molar-refractivity contribution in [3.05, 3.63) is 36.3 Å². The molecule has 0 unspecified atom stereocenters. The Morgan fingerprint density at radius 3 is 2.62 bits per heavy atom. The molecule has 0 fully saturated rings. The van der Waals surface area contributed by atoms with Gasteiger partial charge in [-0.15, -0.1) is 13.2 Å². The van der Waals surface area contributed by atoms with Gasteiger partial charge in [0.2, 0.25) is 0 Å². The van der Waals surface area contributed by atoms with Gasteiger partial charge in [0.15, 0.2) is 0 Å². The molecule has 0 amide bonds. The van der Waals surface area contributed by atoms with E-state index in [1.54, 1.807) is 7.11 Å². The van der Waals surface area contributed by atoms with Gasteiger partial charge in [-0.05, 0) is 51.3 Å². The summed E-state index contributed by atoms with van der Waals surface area (Å²) >= 11 is 0. The lowest BCUT2D eigenvalue weighted by atomic mass is 10.1. The molecule has 0 aliphatic carbocycles. The quantitative estimate of drug-likeness (QED) is 0.371. The van der Waals surface area contributed by atoms with E-state index in [0.29, 0.717) is 0 Å². The zero-order valence-electron chi connectivity index (χ0n) is 17.7. The van der Waals surface area contributed by atoms with Gasteiger partial charge in [0.1, 0.15) is 12.4 Å². The average molecular weight is 367 g/mol. The van der Waals surface area contributed by atoms with Crippen LogP contribution in [-0.4, -0.2) is 51.4 Å². The Kier molecular flexibility index (Phi) is 16.3. The molecule has 0 aromatic rings. The highest BCUT2D eigenvalue weighted by Gasteiger charge is 2.21. The lowest BCUT2D eigenvalue weighted by Crippen LogP contribution is -2.34. The first-order chi connectivity index (χ1) is 12.7. The van der Waals surface area contributed by atoms with Crippen LogP contribution in [0.2, 0.25) is 0 Å². The minimum Gasteiger partial charge on any atom is -0.494 e. The summed E-state index contributed by atoms with van der Waals surface area (Å²) in [6.45, 7) is 18.5. The van der Waals surface area contributed by atoms with Crippen LogP contribution >= 0.6 is 0 Å². The number of allylic oxidation sites excluding steroid dienone is 3. The molecule has 0 bridgehead atoms. The molecule has 4 heteroatoms. The maximum atomic E-state index is 5.92. The minimum absolute atomic E-state index is 0.800. The molecule has 4 nitrogen and oxygen atoms in total. The van der Waals surface area contributed by atoms with E-state index >= 15 is 0 Å². The molecule has 1 aliphatic rings. The summed E-state index contributed by atoms with van der Waals surface area (Å²) in [6, 6.07) is 0. The van der Waals surface area contributed by atoms with Crippen molar-refractivity contribution >= 4 is 0 Å². The van der Waals surface area contributed by atoms with E-state index in [4.69, 9.17) is 9.47 Å². The van der Waals surface area contributed by atoms with Gasteiger partial charge >= 0.3 is 0 Å². The lowest BCUT2D eigenvalue weighted by molar-refractivity contribution is 0.116. The van der Waals surface area contributed by atoms with Gasteiger partial charge in [-0.25, -0.2) is 0 Å². The molecule has 0 aromatic heterocycles. The van der Waals surface area contributed by atoms with Gasteiger partial charge in [0.05, 0.1) is 12.2 Å². The summed E-state index contributed by atoms with van der Waals surface area (Å²) in [5.41, 5.74) is 2.68. The molecule has 0 saturated heterocycles. The number of nitrogens with one attached hydrogen (secondary N) is 1. The fourth-order valence-corrected chi connectivity index (χ4v) is 3.07. The van der Waals surface area contributed by atoms with Gasteiger partial charge in [-0.3, -0.25) is 0 Å². The number of rotatable bonds is 13. The van der Waals surface area contributed by atoms with Gasteiger partial charge < -0.3 is 19.7 Å². The molecule has 0 aromatic carbocycles. The Hall–Kier alpha value is -1.26. The second-order valence-corrected chi connectivity index (χ2v) is 6.44. The minimum atomic E-state index is 0.800. The Bertz CT molecular complexity index is 405. The Labute approximate surface area is 162 Å². The van der Waals surface area contributed by atoms with Crippen LogP contribution in [0.15, 0.2) is 36.3 Å². The topological polar surface area (TPSA) is 33.7 Å². The molecule has 0 saturated carbocycles. The number of methoxy groups -OCH3 is 1. The maximum absolute atomic E-state index is 5.92. The highest BCUT2D eigenvalue weighted by atomic mass is 16.5. The molecule has 0 spiro atoms. The van der Waals surface area contributed by atoms with Crippen LogP contribution < -0.4 is 5.32 Å². The Balaban J connectivity index is 0.00000301. The van der Waals surface area contributed by atoms with Crippen molar-refractivity contribution in [2.75, 3.05) is 46.5 Å². The summed E-state index contributed by atoms with van der Waals surface area (Å²) in [7, 11) is 1.77. The zero-order chi connectivity index (χ0) is 19.6. The van der Waals surface area contributed by atoms with E-state index in [0.717, 1.165) is 64.4 Å². The number of nitrogens with zero attached hydrogens (tertiary/aromatic N) is 1. The standard InChI is InChI=1S/C20H38N2O2.C2H4/c1-5-7-12-21-13-9-8-11-18(3)20-19(6-2)24-17-15-22(20)14-10-16-23-4;1-2/h11,21H,5-10,12-17H2,1-4H3;1-2H2/b18-11-;. The van der Waals surface area contributed by atoms with Gasteiger partial charge in [-0.2, -0.15) is 0 Å². The van der Waals surface area contributed by atoms with Crippen molar-refractivity contribution in [2.24, 2.45) is 0 Å². The third-order valence-corrected chi connectivity index (χ3v) is 4.40. The van der Waals surface area contributed by atoms with Crippen molar-refractivity contribution in [1.29, 1.82) is 0 Å². The second kappa shape index (κ2) is 17.2. The van der Waals surface area contributed by atoms with Gasteiger partial charge in [0.25, 0.3) is 0 Å². The normalized spacial score (nSPS) is 14.8. The maximum Gasteiger partial charge on any atom is 0.119 e. The fourth-order valence-electron chi connectivity index (χ4n) is 3.07. The SMILES string of the molecule is C=C.CCCCNCCC/C=C(/C)C1=C(CC)OCCN1CCCOC. The molecule has 0 atom stereocenters. The first-order valence-electron chi connectivity index (χ1n) is 10.2. The highest BCUT2D eigenvalue weighted by Crippen LogP contribution is 2.26. The van der Waals surface area contributed by atoms with Crippen molar-refractivity contribution < 1.29 is 9.47 Å². The number of ether oxygens (including phenoxy) is 2. The van der Waals surface area contributed by atoms with E-state index in [1.165, 1.54) is 30.5 Å². The Morgan fingerprint density at radius 1 is 1.23 bits per heavy atom. The van der Waals surface area contributed by atoms with E-state index in [1.807, 2.05) is 0 Å². The molecule has 1 aliphatic heterocycles. The summed E-state index contributed by atoms with van der Waals surface area (Å²) in [5, 5.41) is 3.51. The molecular weight excluding hydrogens is 324 g/mol. The van der Waals surface area contributed by atoms with E-state index < -0.39 is 0 Å². The van der Waals surface area contributed by atoms with Crippen molar-refractivity contribution in [3.63, 3.8) is 0 Å². The molecule has 0 radical (unpaired) electrons. The van der Waals surface area contributed by atoms with Crippen LogP contribution in [0.1, 0.15) is 59.3 Å². The second-order valence-electron chi connectivity index (χ2n) is 6.44. The fraction of sp³-hybridized carbons (Fsp3) is 0.727. The summed E-state index contributed by atoms with van der Waals surface area (Å²) in [5.74, 6) is 1.15. The first-order valence-corrected chi connectivity index (χ1v) is 10.2. The van der Waals surface area contributed by atoms with Crippen LogP contribution in [0, 0.1) is 0 Å². The average Bonchev–Trinajstić information content (AvgIpc) is 2.68. The zero-order valence-corrected chi connectivity index (χ0v) is 17.7. The van der Waals surface area contributed by atoms with Crippen LogP contribution in [0.3, 0.4) is 0 Å². The molecule has 26 heavy (non-hydrogen) atoms. The number of hydrogen-bond acceptors (Lipinski definition) is 4. The van der Waals surface area contributed by atoms with Crippen LogP contribution in [0.25, 0.3) is 0 Å². The summed E-state index contributed by atoms with van der Waals surface area (Å²) in [6.07, 6.45) is 9.25. The van der Waals surface area contributed by atoms with Crippen LogP contribution in [0.4, 0.5) is 0 Å². The van der Waals surface area contributed by atoms with E-state index in [9.17, 15) is 0 Å². The van der Waals surface area contributed by atoms with Gasteiger partial charge in [0, 0.05) is 26.7 Å². The molecule has 1 rings (SSSR count). The predicted octanol–water partition coefficient (Wildman–Crippen LogP) is 4.90. The molecule has 152 valence electrons. The monoisotopic (exact) mass is 366 g/mol. The largest absolute Gasteiger partial charge is 0.494 e. The molecular formula is C22H42N2O2. The van der Waals surface area contributed by atoms with E-state index in [-0.39, 0.29) is 0 Å². The van der Waals surface area contributed by atoms with Gasteiger partial charge in [-0.1, -0.05) is 26.3 Å². The third kappa shape index (κ3) is 10.0. The smallest absolute Gasteiger partial charge is 0.119 e. The molecule has 1 heterocycles. The molecule has 1 N–H and O–H groups in total. The summed E-state index contributed by atoms with van der Waals surface area (Å²) < 4.78 is 11.1. The predicted molar refractivity (Wildman–Crippen MR) is 113 cm³/mol. The van der Waals surface area contributed by atoms with Crippen LogP contribution in [0.5, 0.6) is 0 Å². The number of unbranched alkanes of at least 4 members (excludes halogenated alkanes) is 2. The van der Waals surface area contributed by atoms with Crippen molar-refractivity contribution in [2.45, 2.75) is 59.3 Å². The first kappa shape index (κ1) is 24.7. The lowest BCUT2D eigenvalue weighted by Gasteiger charge is -2.34.